The van der Waals surface area contributed by atoms with E-state index in [9.17, 15) is 4.79 Å². The van der Waals surface area contributed by atoms with Gasteiger partial charge in [-0.15, -0.1) is 0 Å². The molecule has 0 atom stereocenters. The Morgan fingerprint density at radius 2 is 1.72 bits per heavy atom. The van der Waals surface area contributed by atoms with Crippen molar-refractivity contribution >= 4 is 16.8 Å². The molecule has 3 saturated heterocycles. The highest BCUT2D eigenvalue weighted by molar-refractivity contribution is 6.08. The highest BCUT2D eigenvalue weighted by atomic mass is 16.5. The smallest absolute Gasteiger partial charge is 0.254 e. The molecule has 3 aromatic rings. The van der Waals surface area contributed by atoms with Crippen LogP contribution >= 0.6 is 0 Å². The summed E-state index contributed by atoms with van der Waals surface area (Å²) in [6, 6.07) is 14.5. The molecule has 1 aromatic heterocycles. The van der Waals surface area contributed by atoms with E-state index in [1.807, 2.05) is 24.3 Å². The molecule has 2 bridgehead atoms. The molecular formula is C27H31N3O2. The van der Waals surface area contributed by atoms with Gasteiger partial charge in [-0.2, -0.15) is 0 Å². The number of rotatable bonds is 5. The van der Waals surface area contributed by atoms with Gasteiger partial charge in [-0.25, -0.2) is 0 Å². The first-order valence-corrected chi connectivity index (χ1v) is 11.9. The van der Waals surface area contributed by atoms with Crippen LogP contribution in [-0.4, -0.2) is 60.1 Å². The Kier molecular flexibility index (Phi) is 4.76. The number of aromatic nitrogens is 1. The van der Waals surface area contributed by atoms with Gasteiger partial charge in [0.25, 0.3) is 5.91 Å². The molecule has 166 valence electrons. The lowest BCUT2D eigenvalue weighted by Gasteiger charge is -2.50. The highest BCUT2D eigenvalue weighted by Gasteiger charge is 2.41. The summed E-state index contributed by atoms with van der Waals surface area (Å²) in [7, 11) is 1.69. The zero-order valence-corrected chi connectivity index (χ0v) is 18.8. The fraction of sp³-hybridized carbons (Fsp3) is 0.444. The third-order valence-corrected chi connectivity index (χ3v) is 8.07. The van der Waals surface area contributed by atoms with Crippen molar-refractivity contribution in [3.63, 3.8) is 0 Å². The Morgan fingerprint density at radius 1 is 0.969 bits per heavy atom. The van der Waals surface area contributed by atoms with Gasteiger partial charge < -0.3 is 19.1 Å². The molecule has 4 aliphatic rings. The minimum absolute atomic E-state index is 0.221. The van der Waals surface area contributed by atoms with E-state index in [1.165, 1.54) is 50.0 Å². The van der Waals surface area contributed by atoms with E-state index in [0.29, 0.717) is 5.41 Å². The number of nitrogens with zero attached hydrogens (tertiary/aromatic N) is 3. The van der Waals surface area contributed by atoms with Gasteiger partial charge in [0.15, 0.2) is 0 Å². The summed E-state index contributed by atoms with van der Waals surface area (Å²) in [5.74, 6) is 1.09. The lowest BCUT2D eigenvalue weighted by molar-refractivity contribution is 0.00100. The molecule has 0 spiro atoms. The Labute approximate surface area is 189 Å². The van der Waals surface area contributed by atoms with Gasteiger partial charge in [0, 0.05) is 42.3 Å². The first-order chi connectivity index (χ1) is 15.6. The van der Waals surface area contributed by atoms with Crippen LogP contribution in [-0.2, 0) is 13.0 Å². The standard InChI is InChI=1S/C27H31N3O2/c1-32-22-7-5-20(6-8-22)17-30-18-21-9-13-29(19-27-10-14-28(15-11-27)16-12-27)26(31)23-3-2-4-24(30)25(21)23/h2-8,18H,9-17,19H2,1H3. The van der Waals surface area contributed by atoms with E-state index in [4.69, 9.17) is 4.74 Å². The van der Waals surface area contributed by atoms with E-state index in [2.05, 4.69) is 38.8 Å². The molecule has 0 N–H and O–H groups in total. The summed E-state index contributed by atoms with van der Waals surface area (Å²) in [5.41, 5.74) is 4.91. The summed E-state index contributed by atoms with van der Waals surface area (Å²) in [5, 5.41) is 1.16. The molecular weight excluding hydrogens is 398 g/mol. The second kappa shape index (κ2) is 7.66. The van der Waals surface area contributed by atoms with Crippen molar-refractivity contribution in [2.45, 2.75) is 32.2 Å². The van der Waals surface area contributed by atoms with Gasteiger partial charge in [0.1, 0.15) is 5.75 Å². The van der Waals surface area contributed by atoms with Crippen molar-refractivity contribution in [1.29, 1.82) is 0 Å². The predicted molar refractivity (Wildman–Crippen MR) is 126 cm³/mol. The average molecular weight is 430 g/mol. The Morgan fingerprint density at radius 3 is 2.44 bits per heavy atom. The molecule has 0 radical (unpaired) electrons. The average Bonchev–Trinajstić information content (AvgIpc) is 3.14. The van der Waals surface area contributed by atoms with Crippen LogP contribution in [0.5, 0.6) is 5.75 Å². The fourth-order valence-corrected chi connectivity index (χ4v) is 6.08. The van der Waals surface area contributed by atoms with Crippen LogP contribution in [0.1, 0.15) is 40.7 Å². The number of carbonyl (C=O) groups is 1. The maximum absolute atomic E-state index is 13.7. The number of hydrogen-bond donors (Lipinski definition) is 0. The van der Waals surface area contributed by atoms with E-state index < -0.39 is 0 Å². The normalized spacial score (nSPS) is 24.7. The number of piperidine rings is 3. The van der Waals surface area contributed by atoms with Crippen LogP contribution in [0, 0.1) is 5.41 Å². The number of amides is 1. The van der Waals surface area contributed by atoms with Gasteiger partial charge in [-0.3, -0.25) is 4.79 Å². The van der Waals surface area contributed by atoms with E-state index in [1.54, 1.807) is 7.11 Å². The number of carbonyl (C=O) groups excluding carboxylic acids is 1. The van der Waals surface area contributed by atoms with Gasteiger partial charge in [-0.1, -0.05) is 18.2 Å². The number of fused-ring (bicyclic) bond motifs is 3. The number of hydrogen-bond acceptors (Lipinski definition) is 3. The fourth-order valence-electron chi connectivity index (χ4n) is 6.08. The van der Waals surface area contributed by atoms with Gasteiger partial charge >= 0.3 is 0 Å². The molecule has 0 aliphatic carbocycles. The van der Waals surface area contributed by atoms with Crippen LogP contribution in [0.2, 0.25) is 0 Å². The molecule has 0 saturated carbocycles. The summed E-state index contributed by atoms with van der Waals surface area (Å²) in [6.07, 6.45) is 6.91. The van der Waals surface area contributed by atoms with Crippen LogP contribution in [0.4, 0.5) is 0 Å². The largest absolute Gasteiger partial charge is 0.497 e. The lowest BCUT2D eigenvalue weighted by atomic mass is 9.71. The van der Waals surface area contributed by atoms with E-state index in [-0.39, 0.29) is 5.91 Å². The molecule has 0 unspecified atom stereocenters. The molecule has 32 heavy (non-hydrogen) atoms. The Hall–Kier alpha value is -2.79. The number of methoxy groups -OCH3 is 1. The van der Waals surface area contributed by atoms with Crippen molar-refractivity contribution in [2.24, 2.45) is 5.41 Å². The Balaban J connectivity index is 1.30. The summed E-state index contributed by atoms with van der Waals surface area (Å²) >= 11 is 0. The second-order valence-electron chi connectivity index (χ2n) is 9.90. The van der Waals surface area contributed by atoms with E-state index in [0.717, 1.165) is 48.3 Å². The summed E-state index contributed by atoms with van der Waals surface area (Å²) in [4.78, 5) is 18.4. The third-order valence-electron chi connectivity index (χ3n) is 8.07. The zero-order valence-electron chi connectivity index (χ0n) is 18.8. The molecule has 5 heterocycles. The molecule has 2 aromatic carbocycles. The van der Waals surface area contributed by atoms with Gasteiger partial charge in [-0.05, 0) is 86.1 Å². The van der Waals surface area contributed by atoms with Crippen LogP contribution in [0.25, 0.3) is 10.9 Å². The minimum atomic E-state index is 0.221. The highest BCUT2D eigenvalue weighted by Crippen LogP contribution is 2.41. The van der Waals surface area contributed by atoms with E-state index >= 15 is 0 Å². The quantitative estimate of drug-likeness (QED) is 0.611. The Bertz CT molecular complexity index is 1140. The second-order valence-corrected chi connectivity index (χ2v) is 9.90. The lowest BCUT2D eigenvalue weighted by Crippen LogP contribution is -2.53. The molecule has 4 aliphatic heterocycles. The maximum Gasteiger partial charge on any atom is 0.254 e. The van der Waals surface area contributed by atoms with Crippen molar-refractivity contribution in [3.05, 3.63) is 65.4 Å². The summed E-state index contributed by atoms with van der Waals surface area (Å²) < 4.78 is 7.59. The van der Waals surface area contributed by atoms with Crippen LogP contribution < -0.4 is 4.74 Å². The van der Waals surface area contributed by atoms with Crippen molar-refractivity contribution < 1.29 is 9.53 Å². The topological polar surface area (TPSA) is 37.7 Å². The molecule has 3 fully saturated rings. The first-order valence-electron chi connectivity index (χ1n) is 11.9. The number of benzene rings is 2. The van der Waals surface area contributed by atoms with Crippen LogP contribution in [0.15, 0.2) is 48.7 Å². The zero-order chi connectivity index (χ0) is 21.7. The maximum atomic E-state index is 13.7. The minimum Gasteiger partial charge on any atom is -0.497 e. The SMILES string of the molecule is COc1ccc(Cn2cc3c4c(cccc42)C(=O)N(CC24CCN(CC2)CC4)CC3)cc1. The molecule has 5 nitrogen and oxygen atoms in total. The monoisotopic (exact) mass is 429 g/mol. The summed E-state index contributed by atoms with van der Waals surface area (Å²) in [6.45, 7) is 6.14. The predicted octanol–water partition coefficient (Wildman–Crippen LogP) is 4.18. The van der Waals surface area contributed by atoms with Crippen molar-refractivity contribution in [3.8, 4) is 5.75 Å². The molecule has 1 amide bonds. The van der Waals surface area contributed by atoms with Gasteiger partial charge in [0.2, 0.25) is 0 Å². The third kappa shape index (κ3) is 3.30. The molecule has 7 rings (SSSR count). The van der Waals surface area contributed by atoms with Gasteiger partial charge in [0.05, 0.1) is 7.11 Å². The first kappa shape index (κ1) is 19.9. The molecule has 5 heteroatoms. The van der Waals surface area contributed by atoms with Crippen LogP contribution in [0.3, 0.4) is 0 Å². The van der Waals surface area contributed by atoms with Crippen molar-refractivity contribution in [1.82, 2.24) is 14.4 Å². The van der Waals surface area contributed by atoms with Crippen molar-refractivity contribution in [2.75, 3.05) is 39.8 Å². The number of ether oxygens (including phenoxy) is 1.